The lowest BCUT2D eigenvalue weighted by atomic mass is 10.1. The molecule has 2 heterocycles. The summed E-state index contributed by atoms with van der Waals surface area (Å²) < 4.78 is 14.3. The summed E-state index contributed by atoms with van der Waals surface area (Å²) in [7, 11) is 1.48. The fourth-order valence-corrected chi connectivity index (χ4v) is 3.68. The summed E-state index contributed by atoms with van der Waals surface area (Å²) in [6, 6.07) is 11.2. The Morgan fingerprint density at radius 2 is 1.88 bits per heavy atom. The summed E-state index contributed by atoms with van der Waals surface area (Å²) >= 11 is 1.46. The number of rotatable bonds is 7. The van der Waals surface area contributed by atoms with Crippen molar-refractivity contribution in [2.45, 2.75) is 0 Å². The molecule has 9 nitrogen and oxygen atoms in total. The Kier molecular flexibility index (Phi) is 6.22. The van der Waals surface area contributed by atoms with E-state index in [4.69, 9.17) is 5.73 Å². The van der Waals surface area contributed by atoms with Gasteiger partial charge in [0.15, 0.2) is 0 Å². The quantitative estimate of drug-likeness (QED) is 0.328. The number of hydrogen-bond acceptors (Lipinski definition) is 8. The van der Waals surface area contributed by atoms with Gasteiger partial charge in [-0.3, -0.25) is 9.59 Å². The SMILES string of the molecule is CNC(=O)c1ccc(F)c(Nc2ncc(C(N)=O)c(Nc3ccccc3-c3nccs3)n2)c1. The molecular formula is C22H18FN7O2S. The minimum Gasteiger partial charge on any atom is -0.365 e. The minimum absolute atomic E-state index is 0.00202. The maximum Gasteiger partial charge on any atom is 0.254 e. The number of hydrogen-bond donors (Lipinski definition) is 4. The zero-order chi connectivity index (χ0) is 23.4. The Morgan fingerprint density at radius 3 is 2.61 bits per heavy atom. The van der Waals surface area contributed by atoms with E-state index in [1.54, 1.807) is 6.20 Å². The highest BCUT2D eigenvalue weighted by atomic mass is 32.1. The first kappa shape index (κ1) is 21.8. The summed E-state index contributed by atoms with van der Waals surface area (Å²) in [6.07, 6.45) is 2.94. The van der Waals surface area contributed by atoms with Gasteiger partial charge in [-0.05, 0) is 30.3 Å². The molecule has 4 aromatic rings. The van der Waals surface area contributed by atoms with E-state index in [-0.39, 0.29) is 34.5 Å². The lowest BCUT2D eigenvalue weighted by Gasteiger charge is -2.14. The van der Waals surface area contributed by atoms with Crippen molar-refractivity contribution in [1.29, 1.82) is 0 Å². The number of nitrogens with one attached hydrogen (secondary N) is 3. The van der Waals surface area contributed by atoms with Crippen molar-refractivity contribution < 1.29 is 14.0 Å². The van der Waals surface area contributed by atoms with Crippen molar-refractivity contribution in [3.05, 3.63) is 77.2 Å². The molecule has 2 aromatic heterocycles. The highest BCUT2D eigenvalue weighted by Gasteiger charge is 2.16. The summed E-state index contributed by atoms with van der Waals surface area (Å²) in [4.78, 5) is 36.6. The number of halogens is 1. The first-order valence-corrected chi connectivity index (χ1v) is 10.6. The van der Waals surface area contributed by atoms with Crippen LogP contribution in [0.4, 0.5) is 27.5 Å². The van der Waals surface area contributed by atoms with E-state index in [1.165, 1.54) is 36.7 Å². The second kappa shape index (κ2) is 9.40. The number of nitrogens with zero attached hydrogens (tertiary/aromatic N) is 3. The van der Waals surface area contributed by atoms with Crippen molar-refractivity contribution in [2.75, 3.05) is 17.7 Å². The second-order valence-corrected chi connectivity index (χ2v) is 7.62. The van der Waals surface area contributed by atoms with Crippen LogP contribution in [0.3, 0.4) is 0 Å². The van der Waals surface area contributed by atoms with E-state index in [9.17, 15) is 14.0 Å². The maximum atomic E-state index is 14.3. The van der Waals surface area contributed by atoms with Crippen LogP contribution < -0.4 is 21.7 Å². The van der Waals surface area contributed by atoms with Crippen molar-refractivity contribution in [3.8, 4) is 10.6 Å². The van der Waals surface area contributed by atoms with E-state index >= 15 is 0 Å². The molecule has 4 rings (SSSR count). The van der Waals surface area contributed by atoms with Gasteiger partial charge in [-0.1, -0.05) is 12.1 Å². The number of amides is 2. The van der Waals surface area contributed by atoms with E-state index in [2.05, 4.69) is 30.9 Å². The van der Waals surface area contributed by atoms with E-state index in [1.807, 2.05) is 29.6 Å². The molecule has 0 unspecified atom stereocenters. The topological polar surface area (TPSA) is 135 Å². The summed E-state index contributed by atoms with van der Waals surface area (Å²) in [6.45, 7) is 0. The van der Waals surface area contributed by atoms with Gasteiger partial charge in [-0.15, -0.1) is 11.3 Å². The van der Waals surface area contributed by atoms with Crippen molar-refractivity contribution in [2.24, 2.45) is 5.73 Å². The molecule has 0 aliphatic heterocycles. The van der Waals surface area contributed by atoms with Gasteiger partial charge < -0.3 is 21.7 Å². The number of primary amides is 1. The Bertz CT molecular complexity index is 1330. The van der Waals surface area contributed by atoms with Crippen molar-refractivity contribution in [3.63, 3.8) is 0 Å². The highest BCUT2D eigenvalue weighted by molar-refractivity contribution is 7.13. The van der Waals surface area contributed by atoms with Crippen molar-refractivity contribution in [1.82, 2.24) is 20.3 Å². The summed E-state index contributed by atoms with van der Waals surface area (Å²) in [5.74, 6) is -1.57. The maximum absolute atomic E-state index is 14.3. The van der Waals surface area contributed by atoms with Crippen molar-refractivity contribution >= 4 is 46.3 Å². The fraction of sp³-hybridized carbons (Fsp3) is 0.0455. The molecule has 33 heavy (non-hydrogen) atoms. The van der Waals surface area contributed by atoms with Gasteiger partial charge in [0.25, 0.3) is 11.8 Å². The van der Waals surface area contributed by atoms with E-state index < -0.39 is 11.7 Å². The fourth-order valence-electron chi connectivity index (χ4n) is 3.01. The zero-order valence-corrected chi connectivity index (χ0v) is 18.1. The molecule has 0 fully saturated rings. The number of carbonyl (C=O) groups is 2. The molecule has 166 valence electrons. The van der Waals surface area contributed by atoms with Gasteiger partial charge in [0.05, 0.1) is 5.69 Å². The Labute approximate surface area is 191 Å². The third-order valence-electron chi connectivity index (χ3n) is 4.60. The molecule has 0 atom stereocenters. The van der Waals surface area contributed by atoms with Gasteiger partial charge in [-0.25, -0.2) is 14.4 Å². The number of para-hydroxylation sites is 1. The molecule has 0 saturated heterocycles. The summed E-state index contributed by atoms with van der Waals surface area (Å²) in [5.41, 5.74) is 7.26. The van der Waals surface area contributed by atoms with E-state index in [0.717, 1.165) is 16.6 Å². The molecule has 0 radical (unpaired) electrons. The molecule has 0 spiro atoms. The lowest BCUT2D eigenvalue weighted by Crippen LogP contribution is -2.18. The molecule has 0 aliphatic carbocycles. The molecule has 0 aliphatic rings. The third kappa shape index (κ3) is 4.77. The molecule has 0 bridgehead atoms. The number of benzene rings is 2. The van der Waals surface area contributed by atoms with Gasteiger partial charge in [-0.2, -0.15) is 4.98 Å². The monoisotopic (exact) mass is 463 g/mol. The van der Waals surface area contributed by atoms with Crippen LogP contribution in [0.1, 0.15) is 20.7 Å². The first-order chi connectivity index (χ1) is 16.0. The first-order valence-electron chi connectivity index (χ1n) is 9.67. The predicted octanol–water partition coefficient (Wildman–Crippen LogP) is 3.68. The molecule has 11 heteroatoms. The molecule has 0 saturated carbocycles. The lowest BCUT2D eigenvalue weighted by molar-refractivity contribution is 0.0961. The summed E-state index contributed by atoms with van der Waals surface area (Å²) in [5, 5.41) is 11.0. The number of carbonyl (C=O) groups excluding carboxylic acids is 2. The van der Waals surface area contributed by atoms with E-state index in [0.29, 0.717) is 5.69 Å². The average Bonchev–Trinajstić information content (AvgIpc) is 3.35. The zero-order valence-electron chi connectivity index (χ0n) is 17.3. The van der Waals surface area contributed by atoms with Gasteiger partial charge in [0.2, 0.25) is 5.95 Å². The predicted molar refractivity (Wildman–Crippen MR) is 124 cm³/mol. The molecular weight excluding hydrogens is 445 g/mol. The van der Waals surface area contributed by atoms with Crippen LogP contribution in [0.2, 0.25) is 0 Å². The third-order valence-corrected chi connectivity index (χ3v) is 5.41. The smallest absolute Gasteiger partial charge is 0.254 e. The van der Waals surface area contributed by atoms with Gasteiger partial charge >= 0.3 is 0 Å². The van der Waals surface area contributed by atoms with Gasteiger partial charge in [0, 0.05) is 41.6 Å². The number of anilines is 4. The normalized spacial score (nSPS) is 10.5. The van der Waals surface area contributed by atoms with Crippen LogP contribution in [0.25, 0.3) is 10.6 Å². The Balaban J connectivity index is 1.70. The largest absolute Gasteiger partial charge is 0.365 e. The molecule has 5 N–H and O–H groups in total. The Hall–Kier alpha value is -4.38. The van der Waals surface area contributed by atoms with Crippen LogP contribution >= 0.6 is 11.3 Å². The van der Waals surface area contributed by atoms with Crippen LogP contribution in [-0.4, -0.2) is 33.8 Å². The van der Waals surface area contributed by atoms with Crippen LogP contribution in [0.15, 0.2) is 60.2 Å². The molecule has 2 amide bonds. The van der Waals surface area contributed by atoms with Crippen LogP contribution in [0.5, 0.6) is 0 Å². The van der Waals surface area contributed by atoms with Crippen LogP contribution in [0, 0.1) is 5.82 Å². The second-order valence-electron chi connectivity index (χ2n) is 6.73. The van der Waals surface area contributed by atoms with Crippen LogP contribution in [-0.2, 0) is 0 Å². The van der Waals surface area contributed by atoms with Gasteiger partial charge in [0.1, 0.15) is 22.2 Å². The minimum atomic E-state index is -0.733. The molecule has 2 aromatic carbocycles. The number of aromatic nitrogens is 3. The standard InChI is InChI=1S/C22H18FN7O2S/c1-25-20(32)12-6-7-15(23)17(10-12)29-22-27-11-14(18(24)31)19(30-22)28-16-5-3-2-4-13(16)21-26-8-9-33-21/h2-11H,1H3,(H2,24,31)(H,25,32)(H2,27,28,29,30). The Morgan fingerprint density at radius 1 is 1.06 bits per heavy atom. The number of nitrogens with two attached hydrogens (primary N) is 1. The highest BCUT2D eigenvalue weighted by Crippen LogP contribution is 2.32. The average molecular weight is 463 g/mol. The number of thiazole rings is 1.